The normalized spacial score (nSPS) is 26.5. The van der Waals surface area contributed by atoms with Crippen molar-refractivity contribution >= 4 is 36.5 Å². The van der Waals surface area contributed by atoms with Crippen molar-refractivity contribution in [2.45, 2.75) is 24.0 Å². The van der Waals surface area contributed by atoms with Crippen LogP contribution in [0.25, 0.3) is 11.2 Å². The molecule has 1 saturated heterocycles. The van der Waals surface area contributed by atoms with Gasteiger partial charge in [0.1, 0.15) is 24.6 Å². The van der Waals surface area contributed by atoms with E-state index in [1.807, 2.05) is 0 Å². The Balaban J connectivity index is 1.91. The molecule has 13 nitrogen and oxygen atoms in total. The van der Waals surface area contributed by atoms with E-state index in [0.717, 1.165) is 0 Å². The maximum atomic E-state index is 12.2. The number of nitrogens with zero attached hydrogens (tertiary/aromatic N) is 3. The number of ether oxygens (including phenoxy) is 1. The van der Waals surface area contributed by atoms with Crippen molar-refractivity contribution < 1.29 is 33.8 Å². The quantitative estimate of drug-likeness (QED) is 0.255. The number of fused-ring (bicyclic) bond motifs is 1. The molecule has 15 heteroatoms. The van der Waals surface area contributed by atoms with Crippen LogP contribution >= 0.6 is 19.4 Å². The number of anilines is 1. The summed E-state index contributed by atoms with van der Waals surface area (Å²) in [6, 6.07) is 6.03. The summed E-state index contributed by atoms with van der Waals surface area (Å²) in [7, 11) is -4.88. The number of aliphatic hydroxyl groups excluding tert-OH is 2. The molecule has 0 aliphatic carbocycles. The first-order chi connectivity index (χ1) is 14.5. The second-order valence-electron chi connectivity index (χ2n) is 6.82. The van der Waals surface area contributed by atoms with Gasteiger partial charge in [-0.25, -0.2) is 9.55 Å². The highest BCUT2D eigenvalue weighted by molar-refractivity contribution is 7.46. The molecular weight excluding hydrogens is 457 g/mol. The van der Waals surface area contributed by atoms with Crippen molar-refractivity contribution in [1.82, 2.24) is 19.5 Å². The molecule has 0 radical (unpaired) electrons. The first-order valence-electron chi connectivity index (χ1n) is 8.76. The predicted octanol–water partition coefficient (Wildman–Crippen LogP) is -0.714. The van der Waals surface area contributed by atoms with Gasteiger partial charge in [0, 0.05) is 10.6 Å². The number of hydrogen-bond donors (Lipinski definition) is 6. The minimum atomic E-state index is -4.88. The molecule has 1 aliphatic heterocycles. The number of aliphatic hydroxyl groups is 2. The van der Waals surface area contributed by atoms with Crippen LogP contribution in [-0.2, 0) is 19.6 Å². The zero-order valence-corrected chi connectivity index (χ0v) is 17.1. The summed E-state index contributed by atoms with van der Waals surface area (Å²) >= 11 is 5.97. The number of nitrogens with one attached hydrogen (secondary N) is 1. The summed E-state index contributed by atoms with van der Waals surface area (Å²) in [5.41, 5.74) is 3.22. The zero-order valence-electron chi connectivity index (χ0n) is 15.5. The van der Waals surface area contributed by atoms with Crippen molar-refractivity contribution in [1.29, 1.82) is 0 Å². The molecule has 4 atom stereocenters. The summed E-state index contributed by atoms with van der Waals surface area (Å²) in [6.07, 6.45) is -3.53. The number of aromatic nitrogens is 4. The fraction of sp³-hybridized carbons (Fsp3) is 0.312. The topological polar surface area (TPSA) is 206 Å². The Hall–Kier alpha value is -2.35. The average molecular weight is 474 g/mol. The molecule has 1 aliphatic rings. The van der Waals surface area contributed by atoms with Gasteiger partial charge in [0.25, 0.3) is 5.56 Å². The van der Waals surface area contributed by atoms with Gasteiger partial charge < -0.3 is 30.5 Å². The summed E-state index contributed by atoms with van der Waals surface area (Å²) in [5, 5.41) is 22.0. The number of nitrogen functional groups attached to an aromatic ring is 1. The number of hydrogen-bond acceptors (Lipinski definition) is 9. The maximum Gasteiger partial charge on any atom is 0.469 e. The van der Waals surface area contributed by atoms with Gasteiger partial charge in [-0.05, 0) is 12.1 Å². The summed E-state index contributed by atoms with van der Waals surface area (Å²) in [6.45, 7) is -0.735. The molecule has 166 valence electrons. The molecule has 3 heterocycles. The molecule has 1 aromatic carbocycles. The molecule has 0 spiro atoms. The van der Waals surface area contributed by atoms with E-state index in [-0.39, 0.29) is 22.7 Å². The van der Waals surface area contributed by atoms with Crippen LogP contribution < -0.4 is 11.3 Å². The third kappa shape index (κ3) is 3.75. The second kappa shape index (κ2) is 7.65. The molecule has 0 amide bonds. The van der Waals surface area contributed by atoms with E-state index in [1.54, 1.807) is 0 Å². The Kier molecular flexibility index (Phi) is 5.40. The van der Waals surface area contributed by atoms with Gasteiger partial charge in [-0.3, -0.25) is 18.9 Å². The third-order valence-corrected chi connectivity index (χ3v) is 5.62. The average Bonchev–Trinajstić information content (AvgIpc) is 3.21. The van der Waals surface area contributed by atoms with E-state index < -0.39 is 44.0 Å². The van der Waals surface area contributed by atoms with E-state index in [2.05, 4.69) is 19.5 Å². The molecule has 7 N–H and O–H groups in total. The Morgan fingerprint density at radius 2 is 2.00 bits per heavy atom. The lowest BCUT2D eigenvalue weighted by atomic mass is 9.94. The molecule has 1 fully saturated rings. The lowest BCUT2D eigenvalue weighted by molar-refractivity contribution is -0.115. The number of imidazole rings is 1. The largest absolute Gasteiger partial charge is 0.469 e. The van der Waals surface area contributed by atoms with Crippen molar-refractivity contribution in [2.75, 3.05) is 12.3 Å². The standard InChI is InChI=1S/C16H17ClN5O8P/c17-8-3-1-7(2-4-8)16(12(24)11(23)9(30-16)5-29-31(26,27)28)22-6-19-10-13(22)20-15(18)21-14(10)25/h1-4,6,9,11-12,23-24H,5H2,(H2,26,27,28)(H3,18,20,21,25)/t9-,11-,12-,16-/m1/s1. The fourth-order valence-corrected chi connectivity index (χ4v) is 4.01. The van der Waals surface area contributed by atoms with Crippen LogP contribution in [-0.4, -0.2) is 64.4 Å². The number of halogens is 1. The molecule has 3 aromatic rings. The fourth-order valence-electron chi connectivity index (χ4n) is 3.54. The van der Waals surface area contributed by atoms with Gasteiger partial charge in [-0.1, -0.05) is 23.7 Å². The number of rotatable bonds is 5. The third-order valence-electron chi connectivity index (χ3n) is 4.88. The monoisotopic (exact) mass is 473 g/mol. The van der Waals surface area contributed by atoms with Crippen molar-refractivity contribution in [2.24, 2.45) is 0 Å². The van der Waals surface area contributed by atoms with Gasteiger partial charge in [0.2, 0.25) is 11.7 Å². The molecule has 2 aromatic heterocycles. The summed E-state index contributed by atoms with van der Waals surface area (Å²) in [4.78, 5) is 40.6. The number of aromatic amines is 1. The number of H-pyrrole nitrogens is 1. The van der Waals surface area contributed by atoms with Crippen LogP contribution in [0.5, 0.6) is 0 Å². The number of nitrogens with two attached hydrogens (primary N) is 1. The van der Waals surface area contributed by atoms with Crippen LogP contribution in [0.1, 0.15) is 5.56 Å². The Bertz CT molecular complexity index is 1230. The lowest BCUT2D eigenvalue weighted by Crippen LogP contribution is -2.46. The number of phosphoric ester groups is 1. The van der Waals surface area contributed by atoms with Crippen LogP contribution in [0, 0.1) is 0 Å². The number of phosphoric acid groups is 1. The van der Waals surface area contributed by atoms with E-state index in [9.17, 15) is 19.6 Å². The molecule has 0 bridgehead atoms. The minimum Gasteiger partial charge on any atom is -0.387 e. The summed E-state index contributed by atoms with van der Waals surface area (Å²) in [5.74, 6) is -0.222. The highest BCUT2D eigenvalue weighted by Crippen LogP contribution is 2.44. The van der Waals surface area contributed by atoms with Gasteiger partial charge in [-0.2, -0.15) is 4.98 Å². The van der Waals surface area contributed by atoms with Crippen LogP contribution in [0.3, 0.4) is 0 Å². The smallest absolute Gasteiger partial charge is 0.387 e. The predicted molar refractivity (Wildman–Crippen MR) is 106 cm³/mol. The molecule has 31 heavy (non-hydrogen) atoms. The number of benzene rings is 1. The van der Waals surface area contributed by atoms with Crippen molar-refractivity contribution in [3.8, 4) is 0 Å². The van der Waals surface area contributed by atoms with Gasteiger partial charge >= 0.3 is 7.82 Å². The van der Waals surface area contributed by atoms with Crippen molar-refractivity contribution in [3.63, 3.8) is 0 Å². The highest BCUT2D eigenvalue weighted by Gasteiger charge is 2.57. The molecule has 4 rings (SSSR count). The van der Waals surface area contributed by atoms with Gasteiger partial charge in [0.15, 0.2) is 11.2 Å². The van der Waals surface area contributed by atoms with Crippen molar-refractivity contribution in [3.05, 3.63) is 51.5 Å². The van der Waals surface area contributed by atoms with Crippen LogP contribution in [0.2, 0.25) is 5.02 Å². The summed E-state index contributed by atoms with van der Waals surface area (Å²) < 4.78 is 22.7. The SMILES string of the molecule is Nc1nc2c(ncn2[C@]2(c3ccc(Cl)cc3)O[C@H](COP(=O)(O)O)[C@@H](O)[C@H]2O)c(=O)[nH]1. The highest BCUT2D eigenvalue weighted by atomic mass is 35.5. The van der Waals surface area contributed by atoms with E-state index in [4.69, 9.17) is 31.9 Å². The van der Waals surface area contributed by atoms with Gasteiger partial charge in [0.05, 0.1) is 6.61 Å². The van der Waals surface area contributed by atoms with Gasteiger partial charge in [-0.15, -0.1) is 0 Å². The lowest BCUT2D eigenvalue weighted by Gasteiger charge is -2.34. The first kappa shape index (κ1) is 21.9. The minimum absolute atomic E-state index is 0.0565. The molecular formula is C16H17ClN5O8P. The van der Waals surface area contributed by atoms with E-state index in [1.165, 1.54) is 35.2 Å². The molecule has 0 unspecified atom stereocenters. The first-order valence-corrected chi connectivity index (χ1v) is 10.7. The zero-order chi connectivity index (χ0) is 22.6. The van der Waals surface area contributed by atoms with Crippen LogP contribution in [0.4, 0.5) is 5.95 Å². The maximum absolute atomic E-state index is 12.2. The van der Waals surface area contributed by atoms with E-state index in [0.29, 0.717) is 5.02 Å². The second-order valence-corrected chi connectivity index (χ2v) is 8.50. The Morgan fingerprint density at radius 1 is 1.32 bits per heavy atom. The Labute approximate surface area is 178 Å². The van der Waals surface area contributed by atoms with Crippen LogP contribution in [0.15, 0.2) is 35.4 Å². The Morgan fingerprint density at radius 3 is 2.65 bits per heavy atom. The van der Waals surface area contributed by atoms with E-state index >= 15 is 0 Å². The molecule has 0 saturated carbocycles.